The van der Waals surface area contributed by atoms with Gasteiger partial charge in [-0.2, -0.15) is 0 Å². The van der Waals surface area contributed by atoms with Crippen molar-refractivity contribution in [2.75, 3.05) is 0 Å². The van der Waals surface area contributed by atoms with Crippen LogP contribution in [0.25, 0.3) is 46.2 Å². The van der Waals surface area contributed by atoms with E-state index in [1.165, 1.54) is 76.9 Å². The van der Waals surface area contributed by atoms with Crippen molar-refractivity contribution in [3.05, 3.63) is 136 Å². The number of fused-ring (bicyclic) bond motifs is 6. The van der Waals surface area contributed by atoms with Gasteiger partial charge >= 0.3 is 0 Å². The normalized spacial score (nSPS) is 18.0. The van der Waals surface area contributed by atoms with E-state index in [0.29, 0.717) is 5.92 Å². The molecule has 0 saturated heterocycles. The quantitative estimate of drug-likeness (QED) is 0.246. The van der Waals surface area contributed by atoms with E-state index in [1.807, 2.05) is 17.8 Å². The summed E-state index contributed by atoms with van der Waals surface area (Å²) in [5.41, 5.74) is 16.1. The van der Waals surface area contributed by atoms with Crippen LogP contribution in [0.4, 0.5) is 0 Å². The van der Waals surface area contributed by atoms with Crippen molar-refractivity contribution in [2.24, 2.45) is 0 Å². The van der Waals surface area contributed by atoms with Crippen molar-refractivity contribution < 1.29 is 0 Å². The van der Waals surface area contributed by atoms with Gasteiger partial charge in [0.1, 0.15) is 0 Å². The van der Waals surface area contributed by atoms with Gasteiger partial charge < -0.3 is 4.57 Å². The predicted molar refractivity (Wildman–Crippen MR) is 177 cm³/mol. The van der Waals surface area contributed by atoms with Gasteiger partial charge in [-0.15, -0.1) is 0 Å². The minimum Gasteiger partial charge on any atom is -0.313 e. The average Bonchev–Trinajstić information content (AvgIpc) is 3.56. The molecular weight excluding hydrogens is 515 g/mol. The molecule has 0 radical (unpaired) electrons. The molecule has 3 aromatic carbocycles. The highest BCUT2D eigenvalue weighted by atomic mass is 32.2. The first-order valence-electron chi connectivity index (χ1n) is 14.9. The molecule has 0 fully saturated rings. The summed E-state index contributed by atoms with van der Waals surface area (Å²) >= 11 is 1.94. The number of thioether (sulfide) groups is 1. The number of hydrogen-bond acceptors (Lipinski definition) is 1. The Morgan fingerprint density at radius 1 is 0.927 bits per heavy atom. The molecule has 1 atom stereocenters. The van der Waals surface area contributed by atoms with Gasteiger partial charge in [0.2, 0.25) is 0 Å². The maximum absolute atomic E-state index is 4.23. The molecule has 3 aliphatic carbocycles. The van der Waals surface area contributed by atoms with Crippen LogP contribution in [0.5, 0.6) is 0 Å². The molecule has 4 aliphatic rings. The zero-order valence-corrected chi connectivity index (χ0v) is 24.3. The van der Waals surface area contributed by atoms with Gasteiger partial charge in [0.15, 0.2) is 0 Å². The lowest BCUT2D eigenvalue weighted by Gasteiger charge is -2.22. The van der Waals surface area contributed by atoms with Gasteiger partial charge in [0.05, 0.1) is 5.69 Å². The number of nitrogens with zero attached hydrogens (tertiary/aromatic N) is 1. The molecular formula is C39H33NS. The van der Waals surface area contributed by atoms with E-state index in [-0.39, 0.29) is 0 Å². The van der Waals surface area contributed by atoms with Crippen LogP contribution in [0.3, 0.4) is 0 Å². The van der Waals surface area contributed by atoms with Crippen molar-refractivity contribution in [3.8, 4) is 27.9 Å². The standard InChI is InChI=1S/C39H33NS/c1-3-26-19-20-27(28-21-22-32-31-14-6-9-18-37(31)41-38(32)24-28)23-33(26)39-25(2)11-10-17-36(39)40-34-15-7-4-12-29(34)30-13-5-8-16-35(30)40/h3-4,6,8-12,16-24,31H,1,5,7,13-15H2,2H3. The topological polar surface area (TPSA) is 4.93 Å². The van der Waals surface area contributed by atoms with E-state index in [4.69, 9.17) is 0 Å². The average molecular weight is 548 g/mol. The van der Waals surface area contributed by atoms with Gasteiger partial charge in [0.25, 0.3) is 0 Å². The lowest BCUT2D eigenvalue weighted by atomic mass is 9.89. The van der Waals surface area contributed by atoms with Gasteiger partial charge in [-0.1, -0.05) is 97.3 Å². The maximum Gasteiger partial charge on any atom is 0.0540 e. The highest BCUT2D eigenvalue weighted by Crippen LogP contribution is 2.52. The second-order valence-electron chi connectivity index (χ2n) is 11.6. The second kappa shape index (κ2) is 9.82. The van der Waals surface area contributed by atoms with E-state index in [1.54, 1.807) is 0 Å². The minimum atomic E-state index is 0.532. The first-order valence-corrected chi connectivity index (χ1v) is 15.7. The fourth-order valence-electron chi connectivity index (χ4n) is 7.24. The Kier molecular flexibility index (Phi) is 5.93. The lowest BCUT2D eigenvalue weighted by molar-refractivity contribution is 0.838. The Morgan fingerprint density at radius 3 is 2.71 bits per heavy atom. The summed E-state index contributed by atoms with van der Waals surface area (Å²) in [6.45, 7) is 6.48. The van der Waals surface area contributed by atoms with E-state index < -0.39 is 0 Å². The number of aryl methyl sites for hydroxylation is 1. The maximum atomic E-state index is 4.23. The molecule has 200 valence electrons. The summed E-state index contributed by atoms with van der Waals surface area (Å²) in [7, 11) is 0. The van der Waals surface area contributed by atoms with Crippen LogP contribution < -0.4 is 0 Å². The Balaban J connectivity index is 1.30. The monoisotopic (exact) mass is 547 g/mol. The van der Waals surface area contributed by atoms with Gasteiger partial charge in [-0.3, -0.25) is 0 Å². The smallest absolute Gasteiger partial charge is 0.0540 e. The molecule has 4 aromatic rings. The molecule has 0 saturated carbocycles. The third-order valence-corrected chi connectivity index (χ3v) is 10.5. The van der Waals surface area contributed by atoms with Gasteiger partial charge in [-0.05, 0) is 113 Å². The zero-order chi connectivity index (χ0) is 27.5. The summed E-state index contributed by atoms with van der Waals surface area (Å²) < 4.78 is 2.57. The molecule has 2 heteroatoms. The van der Waals surface area contributed by atoms with E-state index in [0.717, 1.165) is 32.1 Å². The Morgan fingerprint density at radius 2 is 1.78 bits per heavy atom. The van der Waals surface area contributed by atoms with Crippen LogP contribution in [-0.2, 0) is 12.8 Å². The van der Waals surface area contributed by atoms with Crippen molar-refractivity contribution in [2.45, 2.75) is 49.8 Å². The molecule has 0 bridgehead atoms. The summed E-state index contributed by atoms with van der Waals surface area (Å²) in [6.07, 6.45) is 23.7. The fourth-order valence-corrected chi connectivity index (χ4v) is 8.52. The number of hydrogen-bond donors (Lipinski definition) is 0. The Hall–Kier alpha value is -4.01. The van der Waals surface area contributed by atoms with E-state index in [2.05, 4.69) is 115 Å². The molecule has 1 aromatic heterocycles. The summed E-state index contributed by atoms with van der Waals surface area (Å²) in [5.74, 6) is 0.532. The molecule has 41 heavy (non-hydrogen) atoms. The van der Waals surface area contributed by atoms with Crippen molar-refractivity contribution in [1.29, 1.82) is 0 Å². The van der Waals surface area contributed by atoms with Crippen molar-refractivity contribution in [1.82, 2.24) is 4.57 Å². The van der Waals surface area contributed by atoms with E-state index >= 15 is 0 Å². The SMILES string of the molecule is C=Cc1ccc(-c2ccc3c(c2)SC2=CC=CCC23)cc1-c1c(C)cccc1-n1c2c(c3c1CCC=C3)CCC=C2. The Labute approximate surface area is 247 Å². The second-order valence-corrected chi connectivity index (χ2v) is 12.7. The summed E-state index contributed by atoms with van der Waals surface area (Å²) in [6, 6.07) is 20.8. The van der Waals surface area contributed by atoms with Gasteiger partial charge in [-0.25, -0.2) is 0 Å². The molecule has 0 amide bonds. The third kappa shape index (κ3) is 3.92. The molecule has 1 unspecified atom stereocenters. The fraction of sp³-hybridized carbons (Fsp3) is 0.179. The molecule has 0 N–H and O–H groups in total. The molecule has 1 aliphatic heterocycles. The number of aromatic nitrogens is 1. The largest absolute Gasteiger partial charge is 0.313 e. The molecule has 8 rings (SSSR count). The summed E-state index contributed by atoms with van der Waals surface area (Å²) in [4.78, 5) is 2.88. The molecule has 0 spiro atoms. The van der Waals surface area contributed by atoms with Crippen LogP contribution in [-0.4, -0.2) is 4.57 Å². The zero-order valence-electron chi connectivity index (χ0n) is 23.5. The van der Waals surface area contributed by atoms with Crippen LogP contribution in [0.2, 0.25) is 0 Å². The lowest BCUT2D eigenvalue weighted by Crippen LogP contribution is -2.07. The minimum absolute atomic E-state index is 0.532. The van der Waals surface area contributed by atoms with Gasteiger partial charge in [0, 0.05) is 27.8 Å². The van der Waals surface area contributed by atoms with Crippen LogP contribution in [0.1, 0.15) is 64.4 Å². The third-order valence-electron chi connectivity index (χ3n) is 9.22. The predicted octanol–water partition coefficient (Wildman–Crippen LogP) is 10.7. The van der Waals surface area contributed by atoms with Crippen molar-refractivity contribution >= 4 is 30.0 Å². The van der Waals surface area contributed by atoms with Crippen molar-refractivity contribution in [3.63, 3.8) is 0 Å². The Bertz CT molecular complexity index is 1870. The highest BCUT2D eigenvalue weighted by molar-refractivity contribution is 8.03. The van der Waals surface area contributed by atoms with E-state index in [9.17, 15) is 0 Å². The first-order chi connectivity index (χ1) is 20.2. The molecule has 2 heterocycles. The number of rotatable bonds is 4. The highest BCUT2D eigenvalue weighted by Gasteiger charge is 2.29. The van der Waals surface area contributed by atoms with Crippen LogP contribution in [0.15, 0.2) is 101 Å². The number of benzene rings is 3. The van der Waals surface area contributed by atoms with Crippen LogP contribution in [0, 0.1) is 6.92 Å². The first kappa shape index (κ1) is 24.8. The molecule has 1 nitrogen and oxygen atoms in total. The number of allylic oxidation sites excluding steroid dienone is 6. The van der Waals surface area contributed by atoms with Crippen LogP contribution >= 0.6 is 11.8 Å². The summed E-state index contributed by atoms with van der Waals surface area (Å²) in [5, 5.41) is 0.